The van der Waals surface area contributed by atoms with Gasteiger partial charge in [-0.1, -0.05) is 11.6 Å². The first-order valence-corrected chi connectivity index (χ1v) is 8.26. The number of aryl methyl sites for hydroxylation is 5. The minimum absolute atomic E-state index is 0.344. The number of nitrogens with one attached hydrogen (secondary N) is 1. The molecule has 2 aromatic heterocycles. The maximum Gasteiger partial charge on any atom is 0.341 e. The van der Waals surface area contributed by atoms with Crippen molar-refractivity contribution in [2.24, 2.45) is 0 Å². The van der Waals surface area contributed by atoms with E-state index >= 15 is 0 Å². The number of hydrogen-bond acceptors (Lipinski definition) is 7. The van der Waals surface area contributed by atoms with E-state index < -0.39 is 5.97 Å². The minimum atomic E-state index is -0.449. The van der Waals surface area contributed by atoms with E-state index in [9.17, 15) is 4.79 Å². The maximum absolute atomic E-state index is 11.8. The van der Waals surface area contributed by atoms with Gasteiger partial charge in [-0.25, -0.2) is 24.7 Å². The van der Waals surface area contributed by atoms with Gasteiger partial charge in [0.25, 0.3) is 0 Å². The monoisotopic (exact) mass is 351 g/mol. The fourth-order valence-electron chi connectivity index (χ4n) is 3.06. The van der Waals surface area contributed by atoms with Crippen molar-refractivity contribution in [3.05, 3.63) is 45.9 Å². The average molecular weight is 351 g/mol. The van der Waals surface area contributed by atoms with Crippen LogP contribution < -0.4 is 5.32 Å². The van der Waals surface area contributed by atoms with E-state index in [4.69, 9.17) is 4.74 Å². The molecule has 7 heteroatoms. The van der Waals surface area contributed by atoms with Gasteiger partial charge in [-0.2, -0.15) is 0 Å². The second-order valence-corrected chi connectivity index (χ2v) is 6.32. The molecule has 0 atom stereocenters. The summed E-state index contributed by atoms with van der Waals surface area (Å²) in [6.45, 7) is 9.52. The molecule has 0 radical (unpaired) electrons. The van der Waals surface area contributed by atoms with Crippen LogP contribution in [-0.4, -0.2) is 33.0 Å². The van der Waals surface area contributed by atoms with Crippen LogP contribution in [0.4, 0.5) is 11.9 Å². The molecule has 0 aliphatic carbocycles. The Balaban J connectivity index is 2.03. The third kappa shape index (κ3) is 3.20. The Labute approximate surface area is 151 Å². The van der Waals surface area contributed by atoms with Crippen LogP contribution >= 0.6 is 0 Å². The number of nitrogens with zero attached hydrogens (tertiary/aromatic N) is 4. The molecular weight excluding hydrogens is 330 g/mol. The summed E-state index contributed by atoms with van der Waals surface area (Å²) in [5.41, 5.74) is 5.49. The molecule has 2 heterocycles. The van der Waals surface area contributed by atoms with Crippen LogP contribution in [0.2, 0.25) is 0 Å². The number of rotatable bonds is 3. The average Bonchev–Trinajstić information content (AvgIpc) is 2.55. The number of ether oxygens (including phenoxy) is 1. The molecule has 0 unspecified atom stereocenters. The van der Waals surface area contributed by atoms with E-state index in [2.05, 4.69) is 44.3 Å². The lowest BCUT2D eigenvalue weighted by Crippen LogP contribution is -2.12. The summed E-state index contributed by atoms with van der Waals surface area (Å²) < 4.78 is 4.78. The molecule has 0 aliphatic heterocycles. The van der Waals surface area contributed by atoms with E-state index in [1.807, 2.05) is 13.8 Å². The number of hydrogen-bond donors (Lipinski definition) is 1. The van der Waals surface area contributed by atoms with Gasteiger partial charge in [0, 0.05) is 5.39 Å². The second kappa shape index (κ2) is 6.67. The molecule has 1 aromatic carbocycles. The lowest BCUT2D eigenvalue weighted by molar-refractivity contribution is 0.0598. The number of benzene rings is 1. The first-order chi connectivity index (χ1) is 12.3. The molecule has 0 spiro atoms. The Morgan fingerprint density at radius 2 is 1.46 bits per heavy atom. The van der Waals surface area contributed by atoms with Crippen molar-refractivity contribution in [2.45, 2.75) is 34.6 Å². The van der Waals surface area contributed by atoms with Gasteiger partial charge in [0.1, 0.15) is 5.56 Å². The largest absolute Gasteiger partial charge is 0.465 e. The second-order valence-electron chi connectivity index (χ2n) is 6.32. The molecule has 134 valence electrons. The van der Waals surface area contributed by atoms with Crippen LogP contribution in [0.1, 0.15) is 38.6 Å². The zero-order chi connectivity index (χ0) is 19.0. The van der Waals surface area contributed by atoms with Gasteiger partial charge < -0.3 is 4.74 Å². The summed E-state index contributed by atoms with van der Waals surface area (Å²) in [7, 11) is 1.34. The summed E-state index contributed by atoms with van der Waals surface area (Å²) in [5.74, 6) is 0.318. The van der Waals surface area contributed by atoms with Gasteiger partial charge in [-0.3, -0.25) is 5.32 Å². The zero-order valence-electron chi connectivity index (χ0n) is 15.8. The van der Waals surface area contributed by atoms with Crippen molar-refractivity contribution < 1.29 is 9.53 Å². The summed E-state index contributed by atoms with van der Waals surface area (Å²) in [6, 6.07) is 4.17. The highest BCUT2D eigenvalue weighted by Gasteiger charge is 2.17. The van der Waals surface area contributed by atoms with Crippen LogP contribution in [0.15, 0.2) is 12.1 Å². The smallest absolute Gasteiger partial charge is 0.341 e. The fourth-order valence-corrected chi connectivity index (χ4v) is 3.06. The number of anilines is 2. The highest BCUT2D eigenvalue weighted by atomic mass is 16.5. The standard InChI is InChI=1S/C19H21N5O2/c1-9-7-10(2)16-14(8-9)11(3)20-19(23-16)24-18-21-12(4)15(13(5)22-18)17(25)26-6/h7-8H,1-6H3,(H,20,21,22,23,24). The molecule has 0 aliphatic rings. The van der Waals surface area contributed by atoms with Crippen molar-refractivity contribution >= 4 is 28.8 Å². The molecule has 7 nitrogen and oxygen atoms in total. The molecule has 0 fully saturated rings. The summed E-state index contributed by atoms with van der Waals surface area (Å²) >= 11 is 0. The van der Waals surface area contributed by atoms with Gasteiger partial charge in [-0.15, -0.1) is 0 Å². The summed E-state index contributed by atoms with van der Waals surface area (Å²) in [6.07, 6.45) is 0. The number of carbonyl (C=O) groups excluding carboxylic acids is 1. The molecule has 1 N–H and O–H groups in total. The first kappa shape index (κ1) is 17.7. The molecule has 0 saturated heterocycles. The van der Waals surface area contributed by atoms with Crippen LogP contribution in [0.5, 0.6) is 0 Å². The van der Waals surface area contributed by atoms with Crippen LogP contribution in [0.25, 0.3) is 10.9 Å². The van der Waals surface area contributed by atoms with Gasteiger partial charge in [0.2, 0.25) is 11.9 Å². The number of aromatic nitrogens is 4. The van der Waals surface area contributed by atoms with Crippen molar-refractivity contribution in [3.8, 4) is 0 Å². The van der Waals surface area contributed by atoms with E-state index in [-0.39, 0.29) is 0 Å². The molecule has 0 bridgehead atoms. The van der Waals surface area contributed by atoms with Crippen molar-refractivity contribution in [3.63, 3.8) is 0 Å². The Hall–Kier alpha value is -3.09. The number of methoxy groups -OCH3 is 1. The predicted octanol–water partition coefficient (Wildman–Crippen LogP) is 3.49. The first-order valence-electron chi connectivity index (χ1n) is 8.26. The molecular formula is C19H21N5O2. The SMILES string of the molecule is COC(=O)c1c(C)nc(Nc2nc(C)c3cc(C)cc(C)c3n2)nc1C. The third-order valence-corrected chi connectivity index (χ3v) is 4.21. The minimum Gasteiger partial charge on any atom is -0.465 e. The van der Waals surface area contributed by atoms with Crippen LogP contribution in [0, 0.1) is 34.6 Å². The molecule has 3 rings (SSSR count). The quantitative estimate of drug-likeness (QED) is 0.722. The van der Waals surface area contributed by atoms with E-state index in [0.717, 1.165) is 22.2 Å². The van der Waals surface area contributed by atoms with Crippen LogP contribution in [0.3, 0.4) is 0 Å². The van der Waals surface area contributed by atoms with E-state index in [0.29, 0.717) is 28.8 Å². The van der Waals surface area contributed by atoms with Crippen molar-refractivity contribution in [2.75, 3.05) is 12.4 Å². The summed E-state index contributed by atoms with van der Waals surface area (Å²) in [4.78, 5) is 29.6. The van der Waals surface area contributed by atoms with E-state index in [1.165, 1.54) is 12.7 Å². The lowest BCUT2D eigenvalue weighted by Gasteiger charge is -2.12. The molecule has 3 aromatic rings. The lowest BCUT2D eigenvalue weighted by atomic mass is 10.1. The van der Waals surface area contributed by atoms with Crippen LogP contribution in [-0.2, 0) is 4.74 Å². The topological polar surface area (TPSA) is 89.9 Å². The van der Waals surface area contributed by atoms with E-state index in [1.54, 1.807) is 13.8 Å². The normalized spacial score (nSPS) is 10.8. The number of esters is 1. The summed E-state index contributed by atoms with van der Waals surface area (Å²) in [5, 5.41) is 4.08. The molecule has 0 amide bonds. The number of fused-ring (bicyclic) bond motifs is 1. The van der Waals surface area contributed by atoms with Gasteiger partial charge >= 0.3 is 5.97 Å². The Morgan fingerprint density at radius 3 is 2.08 bits per heavy atom. The molecule has 0 saturated carbocycles. The highest BCUT2D eigenvalue weighted by molar-refractivity contribution is 5.91. The Kier molecular flexibility index (Phi) is 4.54. The number of carbonyl (C=O) groups is 1. The van der Waals surface area contributed by atoms with Gasteiger partial charge in [0.15, 0.2) is 0 Å². The third-order valence-electron chi connectivity index (χ3n) is 4.21. The maximum atomic E-state index is 11.8. The van der Waals surface area contributed by atoms with Crippen molar-refractivity contribution in [1.82, 2.24) is 19.9 Å². The highest BCUT2D eigenvalue weighted by Crippen LogP contribution is 2.23. The molecule has 26 heavy (non-hydrogen) atoms. The van der Waals surface area contributed by atoms with Gasteiger partial charge in [-0.05, 0) is 46.2 Å². The Morgan fingerprint density at radius 1 is 0.885 bits per heavy atom. The van der Waals surface area contributed by atoms with Gasteiger partial charge in [0.05, 0.1) is 29.7 Å². The predicted molar refractivity (Wildman–Crippen MR) is 99.9 cm³/mol. The fraction of sp³-hybridized carbons (Fsp3) is 0.316. The zero-order valence-corrected chi connectivity index (χ0v) is 15.8. The Bertz CT molecular complexity index is 1010. The van der Waals surface area contributed by atoms with Crippen molar-refractivity contribution in [1.29, 1.82) is 0 Å².